The highest BCUT2D eigenvalue weighted by Gasteiger charge is 2.66. The van der Waals surface area contributed by atoms with Crippen LogP contribution in [0.2, 0.25) is 0 Å². The third kappa shape index (κ3) is 6.35. The number of hydrogen-bond acceptors (Lipinski definition) is 8. The van der Waals surface area contributed by atoms with Gasteiger partial charge in [-0.15, -0.1) is 6.58 Å². The van der Waals surface area contributed by atoms with Gasteiger partial charge >= 0.3 is 0 Å². The minimum absolute atomic E-state index is 0.277. The molecule has 0 fully saturated rings. The number of aryl methyl sites for hydroxylation is 3. The van der Waals surface area contributed by atoms with Crippen molar-refractivity contribution in [2.75, 3.05) is 19.6 Å². The van der Waals surface area contributed by atoms with Crippen molar-refractivity contribution in [1.82, 2.24) is 19.9 Å². The van der Waals surface area contributed by atoms with E-state index in [0.29, 0.717) is 6.42 Å². The Kier molecular flexibility index (Phi) is 10.4. The molecule has 0 bridgehead atoms. The molecule has 0 saturated heterocycles. The SMILES string of the molecule is C=CC1(CC)c2ccccc2N2c3nc4ccccc4nc3N(c3ccccc3)C2C1(CC)CC1N(c2ccc(-c3ccccc3C)cc2)c2nccnc2N1c1ccc(-c2ccccc2C)cc1C. The van der Waals surface area contributed by atoms with Crippen molar-refractivity contribution in [3.05, 3.63) is 217 Å². The van der Waals surface area contributed by atoms with Gasteiger partial charge in [-0.05, 0) is 139 Å². The molecule has 12 rings (SSSR count). The maximum absolute atomic E-state index is 5.55. The summed E-state index contributed by atoms with van der Waals surface area (Å²) in [6.45, 7) is 16.2. The summed E-state index contributed by atoms with van der Waals surface area (Å²) >= 11 is 0. The number of aromatic nitrogens is 4. The quantitative estimate of drug-likeness (QED) is 0.126. The van der Waals surface area contributed by atoms with Crippen molar-refractivity contribution in [3.8, 4) is 22.3 Å². The van der Waals surface area contributed by atoms with Crippen LogP contribution in [0.5, 0.6) is 0 Å². The van der Waals surface area contributed by atoms with Crippen LogP contribution >= 0.6 is 0 Å². The molecule has 4 unspecified atom stereocenters. The highest BCUT2D eigenvalue weighted by molar-refractivity contribution is 5.92. The first-order chi connectivity index (χ1) is 34.3. The van der Waals surface area contributed by atoms with E-state index in [-0.39, 0.29) is 12.3 Å². The number of fused-ring (bicyclic) bond motifs is 7. The number of anilines is 8. The first-order valence-electron chi connectivity index (χ1n) is 24.7. The molecule has 344 valence electrons. The lowest BCUT2D eigenvalue weighted by molar-refractivity contribution is 0.0766. The molecule has 8 nitrogen and oxygen atoms in total. The van der Waals surface area contributed by atoms with Gasteiger partial charge in [0.15, 0.2) is 23.3 Å². The fourth-order valence-electron chi connectivity index (χ4n) is 12.6. The summed E-state index contributed by atoms with van der Waals surface area (Å²) in [5, 5.41) is 0. The summed E-state index contributed by atoms with van der Waals surface area (Å²) < 4.78 is 0. The van der Waals surface area contributed by atoms with Gasteiger partial charge in [-0.1, -0.05) is 135 Å². The highest BCUT2D eigenvalue weighted by Crippen LogP contribution is 2.67. The Morgan fingerprint density at radius 2 is 1.06 bits per heavy atom. The molecule has 0 saturated carbocycles. The molecule has 0 amide bonds. The maximum Gasteiger partial charge on any atom is 0.179 e. The fourth-order valence-corrected chi connectivity index (χ4v) is 12.6. The second-order valence-corrected chi connectivity index (χ2v) is 19.2. The van der Waals surface area contributed by atoms with Crippen LogP contribution in [-0.2, 0) is 5.41 Å². The van der Waals surface area contributed by atoms with Crippen LogP contribution in [0.3, 0.4) is 0 Å². The molecule has 9 aromatic rings. The number of rotatable bonds is 10. The Hall–Kier alpha value is -8.10. The Labute approximate surface area is 411 Å². The van der Waals surface area contributed by atoms with Crippen LogP contribution in [0.4, 0.5) is 46.0 Å². The van der Waals surface area contributed by atoms with E-state index >= 15 is 0 Å². The van der Waals surface area contributed by atoms with Crippen molar-refractivity contribution in [2.45, 2.75) is 71.6 Å². The number of para-hydroxylation sites is 4. The van der Waals surface area contributed by atoms with Crippen molar-refractivity contribution >= 4 is 57.1 Å². The van der Waals surface area contributed by atoms with Crippen molar-refractivity contribution in [2.24, 2.45) is 5.41 Å². The van der Waals surface area contributed by atoms with Gasteiger partial charge < -0.3 is 19.6 Å². The molecule has 4 atom stereocenters. The van der Waals surface area contributed by atoms with Crippen LogP contribution in [0.25, 0.3) is 33.3 Å². The zero-order valence-corrected chi connectivity index (χ0v) is 40.5. The number of nitrogens with zero attached hydrogens (tertiary/aromatic N) is 8. The smallest absolute Gasteiger partial charge is 0.179 e. The van der Waals surface area contributed by atoms with Crippen LogP contribution < -0.4 is 19.6 Å². The van der Waals surface area contributed by atoms with Crippen molar-refractivity contribution in [1.29, 1.82) is 0 Å². The van der Waals surface area contributed by atoms with Gasteiger partial charge in [0.1, 0.15) is 12.3 Å². The van der Waals surface area contributed by atoms with Crippen molar-refractivity contribution < 1.29 is 0 Å². The van der Waals surface area contributed by atoms with Crippen LogP contribution in [-0.4, -0.2) is 32.3 Å². The van der Waals surface area contributed by atoms with E-state index in [2.05, 4.69) is 230 Å². The first-order valence-corrected chi connectivity index (χ1v) is 24.7. The van der Waals surface area contributed by atoms with E-state index in [9.17, 15) is 0 Å². The third-order valence-corrected chi connectivity index (χ3v) is 15.9. The number of hydrogen-bond donors (Lipinski definition) is 0. The molecule has 3 aliphatic heterocycles. The minimum Gasteiger partial charge on any atom is -0.302 e. The second-order valence-electron chi connectivity index (χ2n) is 19.2. The van der Waals surface area contributed by atoms with Gasteiger partial charge in [0.05, 0.1) is 11.0 Å². The standard InChI is InChI=1S/C62H56N8/c1-7-61(8-2)50-27-17-20-30-54(50)70-59-58(65-51-28-18-19-29-52(51)66-59)68(46-23-11-10-12-24-46)60(70)62(61,9-3)40-55-67(47-34-31-44(32-35-47)48-25-15-13-21-41(48)4)56-57(64-38-37-63-56)69(55)53-36-33-45(39-43(53)6)49-26-16-14-22-42(49)5/h7,10-39,55,60H,1,8-9,40H2,2-6H3. The van der Waals surface area contributed by atoms with Crippen LogP contribution in [0.1, 0.15) is 55.4 Å². The summed E-state index contributed by atoms with van der Waals surface area (Å²) in [5.41, 5.74) is 14.7. The van der Waals surface area contributed by atoms with Gasteiger partial charge in [-0.25, -0.2) is 19.9 Å². The molecular weight excluding hydrogens is 857 g/mol. The molecule has 3 aliphatic rings. The third-order valence-electron chi connectivity index (χ3n) is 15.9. The minimum atomic E-state index is -0.568. The zero-order chi connectivity index (χ0) is 47.7. The van der Waals surface area contributed by atoms with E-state index in [0.717, 1.165) is 75.5 Å². The van der Waals surface area contributed by atoms with Crippen LogP contribution in [0, 0.1) is 26.2 Å². The lowest BCUT2D eigenvalue weighted by atomic mass is 9.51. The van der Waals surface area contributed by atoms with Gasteiger partial charge in [-0.2, -0.15) is 0 Å². The molecule has 2 aromatic heterocycles. The molecule has 7 aromatic carbocycles. The number of allylic oxidation sites excluding steroid dienone is 1. The fraction of sp³-hybridized carbons (Fsp3) is 0.194. The summed E-state index contributed by atoms with van der Waals surface area (Å²) in [6, 6.07) is 61.3. The Morgan fingerprint density at radius 1 is 0.500 bits per heavy atom. The Bertz CT molecular complexity index is 3460. The van der Waals surface area contributed by atoms with Gasteiger partial charge in [-0.3, -0.25) is 0 Å². The average molecular weight is 913 g/mol. The summed E-state index contributed by atoms with van der Waals surface area (Å²) in [5.74, 6) is 3.35. The topological polar surface area (TPSA) is 64.5 Å². The summed E-state index contributed by atoms with van der Waals surface area (Å²) in [4.78, 5) is 31.6. The molecule has 5 heterocycles. The van der Waals surface area contributed by atoms with Crippen molar-refractivity contribution in [3.63, 3.8) is 0 Å². The Balaban J connectivity index is 1.12. The molecule has 70 heavy (non-hydrogen) atoms. The van der Waals surface area contributed by atoms with Gasteiger partial charge in [0.25, 0.3) is 0 Å². The number of benzene rings is 7. The zero-order valence-electron chi connectivity index (χ0n) is 40.5. The molecule has 0 radical (unpaired) electrons. The van der Waals surface area contributed by atoms with E-state index < -0.39 is 10.8 Å². The van der Waals surface area contributed by atoms with E-state index in [1.54, 1.807) is 0 Å². The normalized spacial score (nSPS) is 20.0. The van der Waals surface area contributed by atoms with E-state index in [4.69, 9.17) is 26.5 Å². The van der Waals surface area contributed by atoms with E-state index in [1.165, 1.54) is 38.9 Å². The summed E-state index contributed by atoms with van der Waals surface area (Å²) in [6.07, 6.45) is 7.67. The Morgan fingerprint density at radius 3 is 1.69 bits per heavy atom. The maximum atomic E-state index is 5.55. The largest absolute Gasteiger partial charge is 0.302 e. The lowest BCUT2D eigenvalue weighted by Gasteiger charge is -2.61. The van der Waals surface area contributed by atoms with Gasteiger partial charge in [0, 0.05) is 46.0 Å². The first kappa shape index (κ1) is 43.2. The monoisotopic (exact) mass is 912 g/mol. The van der Waals surface area contributed by atoms with Crippen LogP contribution in [0.15, 0.2) is 195 Å². The molecule has 0 N–H and O–H groups in total. The predicted molar refractivity (Wildman–Crippen MR) is 288 cm³/mol. The molecule has 0 aliphatic carbocycles. The van der Waals surface area contributed by atoms with E-state index in [1.807, 2.05) is 12.4 Å². The summed E-state index contributed by atoms with van der Waals surface area (Å²) in [7, 11) is 0. The lowest BCUT2D eigenvalue weighted by Crippen LogP contribution is -2.65. The average Bonchev–Trinajstić information content (AvgIpc) is 3.91. The molecular formula is C62H56N8. The molecule has 8 heteroatoms. The predicted octanol–water partition coefficient (Wildman–Crippen LogP) is 15.2. The van der Waals surface area contributed by atoms with Gasteiger partial charge in [0.2, 0.25) is 0 Å². The second kappa shape index (κ2) is 16.8. The molecule has 0 spiro atoms. The highest BCUT2D eigenvalue weighted by atomic mass is 15.5.